The second-order valence-electron chi connectivity index (χ2n) is 12.8. The molecule has 10 aromatic rings. The molecule has 0 aromatic heterocycles. The number of benzene rings is 10. The quantitative estimate of drug-likeness (QED) is 0.176. The molecule has 0 fully saturated rings. The van der Waals surface area contributed by atoms with Gasteiger partial charge >= 0.3 is 0 Å². The predicted molar refractivity (Wildman–Crippen MR) is 208 cm³/mol. The monoisotopic (exact) mass is 606 g/mol. The van der Waals surface area contributed by atoms with Gasteiger partial charge in [-0.15, -0.1) is 0 Å². The van der Waals surface area contributed by atoms with Gasteiger partial charge in [0.1, 0.15) is 0 Å². The van der Waals surface area contributed by atoms with Gasteiger partial charge < -0.3 is 0 Å². The Morgan fingerprint density at radius 3 is 1.38 bits per heavy atom. The van der Waals surface area contributed by atoms with Gasteiger partial charge in [0.25, 0.3) is 0 Å². The Labute approximate surface area is 279 Å². The highest BCUT2D eigenvalue weighted by molar-refractivity contribution is 6.29. The van der Waals surface area contributed by atoms with Crippen LogP contribution in [0.3, 0.4) is 0 Å². The fourth-order valence-electron chi connectivity index (χ4n) is 8.18. The van der Waals surface area contributed by atoms with Crippen LogP contribution in [0.2, 0.25) is 0 Å². The summed E-state index contributed by atoms with van der Waals surface area (Å²) in [5.41, 5.74) is 7.51. The van der Waals surface area contributed by atoms with Crippen molar-refractivity contribution in [2.24, 2.45) is 0 Å². The van der Waals surface area contributed by atoms with E-state index in [0.717, 1.165) is 0 Å². The van der Waals surface area contributed by atoms with Crippen LogP contribution < -0.4 is 0 Å². The van der Waals surface area contributed by atoms with Crippen LogP contribution in [0.4, 0.5) is 0 Å². The van der Waals surface area contributed by atoms with Crippen LogP contribution in [-0.2, 0) is 0 Å². The Balaban J connectivity index is 1.36. The Morgan fingerprint density at radius 1 is 0.188 bits per heavy atom. The molecule has 10 rings (SSSR count). The average molecular weight is 607 g/mol. The van der Waals surface area contributed by atoms with Gasteiger partial charge in [-0.25, -0.2) is 0 Å². The molecule has 0 amide bonds. The lowest BCUT2D eigenvalue weighted by atomic mass is 9.82. The second kappa shape index (κ2) is 10.7. The van der Waals surface area contributed by atoms with Crippen LogP contribution in [0.25, 0.3) is 98.0 Å². The van der Waals surface area contributed by atoms with E-state index < -0.39 is 0 Å². The molecule has 0 unspecified atom stereocenters. The van der Waals surface area contributed by atoms with Crippen molar-refractivity contribution in [3.63, 3.8) is 0 Å². The first-order valence-corrected chi connectivity index (χ1v) is 16.7. The zero-order valence-corrected chi connectivity index (χ0v) is 26.3. The van der Waals surface area contributed by atoms with Crippen LogP contribution in [-0.4, -0.2) is 0 Å². The van der Waals surface area contributed by atoms with Gasteiger partial charge in [0.2, 0.25) is 0 Å². The summed E-state index contributed by atoms with van der Waals surface area (Å²) in [5, 5.41) is 15.3. The molecule has 10 aromatic carbocycles. The van der Waals surface area contributed by atoms with Crippen LogP contribution in [0.1, 0.15) is 0 Å². The van der Waals surface area contributed by atoms with Gasteiger partial charge in [-0.2, -0.15) is 0 Å². The summed E-state index contributed by atoms with van der Waals surface area (Å²) < 4.78 is 0. The van der Waals surface area contributed by atoms with Gasteiger partial charge in [0.05, 0.1) is 0 Å². The molecule has 0 bridgehead atoms. The molecule has 0 heterocycles. The lowest BCUT2D eigenvalue weighted by Crippen LogP contribution is -1.94. The third-order valence-corrected chi connectivity index (χ3v) is 10.3. The number of fused-ring (bicyclic) bond motifs is 10. The molecular weight excluding hydrogens is 577 g/mol. The van der Waals surface area contributed by atoms with E-state index in [9.17, 15) is 0 Å². The van der Waals surface area contributed by atoms with E-state index in [0.29, 0.717) is 0 Å². The van der Waals surface area contributed by atoms with Crippen molar-refractivity contribution >= 4 is 64.6 Å². The summed E-state index contributed by atoms with van der Waals surface area (Å²) in [7, 11) is 0. The molecule has 0 heteroatoms. The highest BCUT2D eigenvalue weighted by Crippen LogP contribution is 2.48. The lowest BCUT2D eigenvalue weighted by molar-refractivity contribution is 1.61. The molecule has 48 heavy (non-hydrogen) atoms. The number of hydrogen-bond acceptors (Lipinski definition) is 0. The van der Waals surface area contributed by atoms with E-state index in [4.69, 9.17) is 0 Å². The normalized spacial score (nSPS) is 11.8. The first kappa shape index (κ1) is 26.9. The molecular formula is C48H30. The Morgan fingerprint density at radius 2 is 0.625 bits per heavy atom. The molecule has 0 aliphatic rings. The van der Waals surface area contributed by atoms with Gasteiger partial charge in [-0.3, -0.25) is 0 Å². The largest absolute Gasteiger partial charge is 0.0616 e. The predicted octanol–water partition coefficient (Wildman–Crippen LogP) is 13.6. The van der Waals surface area contributed by atoms with Crippen LogP contribution in [0.15, 0.2) is 182 Å². The van der Waals surface area contributed by atoms with Crippen molar-refractivity contribution in [3.8, 4) is 33.4 Å². The summed E-state index contributed by atoms with van der Waals surface area (Å²) in [6.45, 7) is 0. The smallest absolute Gasteiger partial charge is 0.00201 e. The molecule has 0 aliphatic carbocycles. The van der Waals surface area contributed by atoms with E-state index in [-0.39, 0.29) is 0 Å². The fraction of sp³-hybridized carbons (Fsp3) is 0. The van der Waals surface area contributed by atoms with Gasteiger partial charge in [0.15, 0.2) is 0 Å². The summed E-state index contributed by atoms with van der Waals surface area (Å²) in [6, 6.07) is 67.1. The van der Waals surface area contributed by atoms with Crippen molar-refractivity contribution in [1.29, 1.82) is 0 Å². The molecule has 0 atom stereocenters. The van der Waals surface area contributed by atoms with Crippen molar-refractivity contribution in [1.82, 2.24) is 0 Å². The fourth-order valence-corrected chi connectivity index (χ4v) is 8.18. The molecule has 0 radical (unpaired) electrons. The Bertz CT molecular complexity index is 2840. The van der Waals surface area contributed by atoms with Crippen molar-refractivity contribution in [2.45, 2.75) is 0 Å². The van der Waals surface area contributed by atoms with Crippen LogP contribution in [0, 0.1) is 0 Å². The van der Waals surface area contributed by atoms with E-state index >= 15 is 0 Å². The zero-order valence-electron chi connectivity index (χ0n) is 26.3. The average Bonchev–Trinajstić information content (AvgIpc) is 3.17. The van der Waals surface area contributed by atoms with Gasteiger partial charge in [-0.05, 0) is 98.0 Å². The van der Waals surface area contributed by atoms with E-state index in [1.54, 1.807) is 0 Å². The maximum Gasteiger partial charge on any atom is -0.00201 e. The molecule has 0 spiro atoms. The Hall–Kier alpha value is -6.24. The lowest BCUT2D eigenvalue weighted by Gasteiger charge is -2.21. The minimum Gasteiger partial charge on any atom is -0.0616 e. The first-order chi connectivity index (χ1) is 23.8. The number of hydrogen-bond donors (Lipinski definition) is 0. The first-order valence-electron chi connectivity index (χ1n) is 16.7. The minimum absolute atomic E-state index is 1.24. The molecule has 0 N–H and O–H groups in total. The van der Waals surface area contributed by atoms with Crippen molar-refractivity contribution < 1.29 is 0 Å². The standard InChI is InChI=1S/C48H30/c1-3-16-33-31(13-1)15-11-24-35(33)46-30-29-40-34-17-4-2-14-32(34)27-28-45(40)48(46)42-23-10-8-21-39(42)44-26-12-25-43-38-19-6-5-18-36(38)37-20-7-9-22-41(37)47(43)44/h1-30H. The van der Waals surface area contributed by atoms with Crippen molar-refractivity contribution in [3.05, 3.63) is 182 Å². The third kappa shape index (κ3) is 3.96. The molecule has 222 valence electrons. The maximum absolute atomic E-state index is 2.36. The molecule has 0 nitrogen and oxygen atoms in total. The summed E-state index contributed by atoms with van der Waals surface area (Å²) in [5.74, 6) is 0. The van der Waals surface area contributed by atoms with Gasteiger partial charge in [0, 0.05) is 0 Å². The SMILES string of the molecule is c1ccc(-c2cccc3c4ccccc4c4ccccc4c23)c(-c2c(-c3cccc4ccccc34)ccc3c2ccc2ccccc23)c1. The van der Waals surface area contributed by atoms with Crippen molar-refractivity contribution in [2.75, 3.05) is 0 Å². The third-order valence-electron chi connectivity index (χ3n) is 10.3. The number of rotatable bonds is 3. The summed E-state index contributed by atoms with van der Waals surface area (Å²) in [6.07, 6.45) is 0. The zero-order chi connectivity index (χ0) is 31.6. The molecule has 0 saturated carbocycles. The maximum atomic E-state index is 2.36. The van der Waals surface area contributed by atoms with E-state index in [1.807, 2.05) is 0 Å². The molecule has 0 saturated heterocycles. The second-order valence-corrected chi connectivity index (χ2v) is 12.8. The van der Waals surface area contributed by atoms with Crippen LogP contribution >= 0.6 is 0 Å². The van der Waals surface area contributed by atoms with Gasteiger partial charge in [-0.1, -0.05) is 182 Å². The van der Waals surface area contributed by atoms with E-state index in [2.05, 4.69) is 182 Å². The van der Waals surface area contributed by atoms with Crippen LogP contribution in [0.5, 0.6) is 0 Å². The highest BCUT2D eigenvalue weighted by Gasteiger charge is 2.20. The Kier molecular flexibility index (Phi) is 5.98. The minimum atomic E-state index is 1.24. The van der Waals surface area contributed by atoms with E-state index in [1.165, 1.54) is 98.0 Å². The topological polar surface area (TPSA) is 0 Å². The molecule has 0 aliphatic heterocycles. The summed E-state index contributed by atoms with van der Waals surface area (Å²) in [4.78, 5) is 0. The summed E-state index contributed by atoms with van der Waals surface area (Å²) >= 11 is 0. The highest BCUT2D eigenvalue weighted by atomic mass is 14.2.